The molecule has 1 fully saturated rings. The Bertz CT molecular complexity index is 547. The van der Waals surface area contributed by atoms with E-state index < -0.39 is 11.4 Å². The monoisotopic (exact) mass is 314 g/mol. The fourth-order valence-electron chi connectivity index (χ4n) is 2.74. The van der Waals surface area contributed by atoms with Crippen molar-refractivity contribution in [1.82, 2.24) is 9.78 Å². The molecule has 116 valence electrons. The first kappa shape index (κ1) is 15.8. The fourth-order valence-corrected chi connectivity index (χ4v) is 3.05. The molecule has 0 aliphatic heterocycles. The SMILES string of the molecule is CCOC(=O)C1(C)CCC(n2ncc(C(=O)O)c2Cl)CC1. The van der Waals surface area contributed by atoms with E-state index in [1.165, 1.54) is 6.20 Å². The number of carboxylic acids is 1. The zero-order chi connectivity index (χ0) is 15.6. The molecule has 7 heteroatoms. The van der Waals surface area contributed by atoms with Gasteiger partial charge in [0.2, 0.25) is 0 Å². The first-order valence-corrected chi connectivity index (χ1v) is 7.40. The molecule has 1 aliphatic rings. The number of carbonyl (C=O) groups is 2. The Morgan fingerprint density at radius 1 is 1.52 bits per heavy atom. The van der Waals surface area contributed by atoms with Crippen LogP contribution < -0.4 is 0 Å². The van der Waals surface area contributed by atoms with Gasteiger partial charge in [-0.1, -0.05) is 11.6 Å². The van der Waals surface area contributed by atoms with Gasteiger partial charge in [0.05, 0.1) is 24.3 Å². The van der Waals surface area contributed by atoms with Crippen molar-refractivity contribution in [3.8, 4) is 0 Å². The van der Waals surface area contributed by atoms with E-state index in [1.807, 2.05) is 6.92 Å². The lowest BCUT2D eigenvalue weighted by molar-refractivity contribution is -0.156. The molecule has 0 unspecified atom stereocenters. The van der Waals surface area contributed by atoms with Crippen molar-refractivity contribution in [2.45, 2.75) is 45.6 Å². The van der Waals surface area contributed by atoms with Crippen molar-refractivity contribution in [3.05, 3.63) is 16.9 Å². The second-order valence-electron chi connectivity index (χ2n) is 5.61. The number of aromatic nitrogens is 2. The Kier molecular flexibility index (Phi) is 4.56. The number of nitrogens with zero attached hydrogens (tertiary/aromatic N) is 2. The van der Waals surface area contributed by atoms with Crippen molar-refractivity contribution in [3.63, 3.8) is 0 Å². The van der Waals surface area contributed by atoms with Crippen LogP contribution >= 0.6 is 11.6 Å². The highest BCUT2D eigenvalue weighted by molar-refractivity contribution is 6.32. The van der Waals surface area contributed by atoms with E-state index >= 15 is 0 Å². The van der Waals surface area contributed by atoms with Gasteiger partial charge in [-0.05, 0) is 39.5 Å². The number of halogens is 1. The van der Waals surface area contributed by atoms with E-state index in [4.69, 9.17) is 21.4 Å². The average molecular weight is 315 g/mol. The van der Waals surface area contributed by atoms with Crippen LogP contribution in [0.15, 0.2) is 6.20 Å². The predicted molar refractivity (Wildman–Crippen MR) is 76.4 cm³/mol. The highest BCUT2D eigenvalue weighted by Crippen LogP contribution is 2.42. The Morgan fingerprint density at radius 2 is 2.14 bits per heavy atom. The van der Waals surface area contributed by atoms with Crippen molar-refractivity contribution in [2.24, 2.45) is 5.41 Å². The molecule has 1 aromatic rings. The van der Waals surface area contributed by atoms with Crippen LogP contribution in [0.4, 0.5) is 0 Å². The van der Waals surface area contributed by atoms with E-state index in [0.717, 1.165) is 12.8 Å². The first-order chi connectivity index (χ1) is 9.89. The number of rotatable bonds is 4. The number of hydrogen-bond donors (Lipinski definition) is 1. The molecule has 1 saturated carbocycles. The highest BCUT2D eigenvalue weighted by atomic mass is 35.5. The number of aromatic carboxylic acids is 1. The van der Waals surface area contributed by atoms with Crippen LogP contribution in [-0.4, -0.2) is 33.4 Å². The molecule has 0 aromatic carbocycles. The van der Waals surface area contributed by atoms with Gasteiger partial charge in [-0.3, -0.25) is 9.48 Å². The molecule has 0 atom stereocenters. The standard InChI is InChI=1S/C14H19ClN2O4/c1-3-21-13(20)14(2)6-4-9(5-7-14)17-11(15)10(8-16-17)12(18)19/h8-9H,3-7H2,1-2H3,(H,18,19). The van der Waals surface area contributed by atoms with Crippen molar-refractivity contribution in [2.75, 3.05) is 6.61 Å². The number of carbonyl (C=O) groups excluding carboxylic acids is 1. The Labute approximate surface area is 128 Å². The van der Waals surface area contributed by atoms with Gasteiger partial charge in [-0.25, -0.2) is 4.79 Å². The minimum absolute atomic E-state index is 0.00962. The van der Waals surface area contributed by atoms with Crippen LogP contribution in [0.25, 0.3) is 0 Å². The van der Waals surface area contributed by atoms with Crippen LogP contribution in [0, 0.1) is 5.41 Å². The lowest BCUT2D eigenvalue weighted by Gasteiger charge is -2.35. The molecule has 0 spiro atoms. The van der Waals surface area contributed by atoms with Gasteiger partial charge >= 0.3 is 11.9 Å². The smallest absolute Gasteiger partial charge is 0.340 e. The minimum Gasteiger partial charge on any atom is -0.478 e. The van der Waals surface area contributed by atoms with E-state index in [0.29, 0.717) is 19.4 Å². The lowest BCUT2D eigenvalue weighted by Crippen LogP contribution is -2.35. The summed E-state index contributed by atoms with van der Waals surface area (Å²) in [6, 6.07) is 0.0214. The molecule has 6 nitrogen and oxygen atoms in total. The van der Waals surface area contributed by atoms with Gasteiger partial charge in [-0.2, -0.15) is 5.10 Å². The number of ether oxygens (including phenoxy) is 1. The molecule has 1 aliphatic carbocycles. The normalized spacial score (nSPS) is 25.6. The summed E-state index contributed by atoms with van der Waals surface area (Å²) in [7, 11) is 0. The van der Waals surface area contributed by atoms with Crippen LogP contribution in [-0.2, 0) is 9.53 Å². The summed E-state index contributed by atoms with van der Waals surface area (Å²) < 4.78 is 6.67. The van der Waals surface area contributed by atoms with Crippen LogP contribution in [0.3, 0.4) is 0 Å². The summed E-state index contributed by atoms with van der Waals surface area (Å²) in [5.41, 5.74) is -0.461. The third-order valence-electron chi connectivity index (χ3n) is 4.14. The molecule has 0 bridgehead atoms. The minimum atomic E-state index is -1.08. The molecule has 1 heterocycles. The molecular formula is C14H19ClN2O4. The Hall–Kier alpha value is -1.56. The second kappa shape index (κ2) is 6.05. The van der Waals surface area contributed by atoms with Gasteiger partial charge in [0.1, 0.15) is 10.7 Å². The van der Waals surface area contributed by atoms with E-state index in [9.17, 15) is 9.59 Å². The summed E-state index contributed by atoms with van der Waals surface area (Å²) in [6.07, 6.45) is 4.06. The maximum absolute atomic E-state index is 12.0. The van der Waals surface area contributed by atoms with E-state index in [1.54, 1.807) is 11.6 Å². The lowest BCUT2D eigenvalue weighted by atomic mass is 9.74. The van der Waals surface area contributed by atoms with E-state index in [2.05, 4.69) is 5.10 Å². The first-order valence-electron chi connectivity index (χ1n) is 7.02. The van der Waals surface area contributed by atoms with Gasteiger partial charge in [-0.15, -0.1) is 0 Å². The summed E-state index contributed by atoms with van der Waals surface area (Å²) >= 11 is 6.06. The quantitative estimate of drug-likeness (QED) is 0.864. The Balaban J connectivity index is 2.08. The highest BCUT2D eigenvalue weighted by Gasteiger charge is 2.40. The maximum Gasteiger partial charge on any atom is 0.340 e. The van der Waals surface area contributed by atoms with Gasteiger partial charge in [0.15, 0.2) is 0 Å². The zero-order valence-electron chi connectivity index (χ0n) is 12.1. The van der Waals surface area contributed by atoms with Crippen LogP contribution in [0.2, 0.25) is 5.15 Å². The number of carboxylic acid groups (broad SMARTS) is 1. The maximum atomic E-state index is 12.0. The van der Waals surface area contributed by atoms with E-state index in [-0.39, 0.29) is 22.7 Å². The topological polar surface area (TPSA) is 81.4 Å². The molecule has 21 heavy (non-hydrogen) atoms. The molecule has 1 N–H and O–H groups in total. The molecule has 0 saturated heterocycles. The summed E-state index contributed by atoms with van der Waals surface area (Å²) in [5, 5.41) is 13.2. The zero-order valence-corrected chi connectivity index (χ0v) is 12.9. The molecule has 0 radical (unpaired) electrons. The summed E-state index contributed by atoms with van der Waals surface area (Å²) in [6.45, 7) is 4.09. The molecule has 0 amide bonds. The fraction of sp³-hybridized carbons (Fsp3) is 0.643. The third-order valence-corrected chi connectivity index (χ3v) is 4.51. The summed E-state index contributed by atoms with van der Waals surface area (Å²) in [4.78, 5) is 23.0. The number of esters is 1. The van der Waals surface area contributed by atoms with Crippen LogP contribution in [0.5, 0.6) is 0 Å². The van der Waals surface area contributed by atoms with Crippen molar-refractivity contribution in [1.29, 1.82) is 0 Å². The molecule has 2 rings (SSSR count). The Morgan fingerprint density at radius 3 is 2.62 bits per heavy atom. The van der Waals surface area contributed by atoms with Gasteiger partial charge in [0.25, 0.3) is 0 Å². The van der Waals surface area contributed by atoms with Gasteiger partial charge < -0.3 is 9.84 Å². The number of hydrogen-bond acceptors (Lipinski definition) is 4. The third kappa shape index (κ3) is 3.05. The van der Waals surface area contributed by atoms with Crippen molar-refractivity contribution < 1.29 is 19.4 Å². The second-order valence-corrected chi connectivity index (χ2v) is 5.97. The average Bonchev–Trinajstić information content (AvgIpc) is 2.82. The van der Waals surface area contributed by atoms with Gasteiger partial charge in [0, 0.05) is 0 Å². The molecule has 1 aromatic heterocycles. The van der Waals surface area contributed by atoms with Crippen LogP contribution in [0.1, 0.15) is 55.9 Å². The molecular weight excluding hydrogens is 296 g/mol. The largest absolute Gasteiger partial charge is 0.478 e. The van der Waals surface area contributed by atoms with Crippen molar-refractivity contribution >= 4 is 23.5 Å². The summed E-state index contributed by atoms with van der Waals surface area (Å²) in [5.74, 6) is -1.25. The predicted octanol–water partition coefficient (Wildman–Crippen LogP) is 2.92.